The number of phenolic OH excluding ortho intramolecular Hbond substituents is 2. The number of carboxylic acid groups (broad SMARTS) is 1. The first-order valence-electron chi connectivity index (χ1n) is 12.2. The van der Waals surface area contributed by atoms with Crippen molar-refractivity contribution in [2.45, 2.75) is 19.4 Å². The van der Waals surface area contributed by atoms with Crippen molar-refractivity contribution < 1.29 is 29.4 Å². The Bertz CT molecular complexity index is 1380. The molecule has 1 aromatic heterocycles. The number of benzene rings is 3. The highest BCUT2D eigenvalue weighted by Crippen LogP contribution is 2.42. The number of hydrogen-bond donors (Lipinski definition) is 3. The molecular weight excluding hydrogens is 472 g/mol. The zero-order valence-electron chi connectivity index (χ0n) is 20.3. The Labute approximate surface area is 214 Å². The number of carboxylic acids is 1. The van der Waals surface area contributed by atoms with Crippen LogP contribution in [0.2, 0.25) is 0 Å². The molecule has 0 unspecified atom stereocenters. The van der Waals surface area contributed by atoms with Crippen LogP contribution in [0.25, 0.3) is 22.5 Å². The van der Waals surface area contributed by atoms with Gasteiger partial charge in [-0.25, -0.2) is 4.79 Å². The minimum Gasteiger partial charge on any atom is -0.508 e. The van der Waals surface area contributed by atoms with Gasteiger partial charge in [-0.1, -0.05) is 59.8 Å². The molecular formula is C29H28N2O6. The fraction of sp³-hybridized carbons (Fsp3) is 0.241. The molecule has 2 heterocycles. The lowest BCUT2D eigenvalue weighted by molar-refractivity contribution is 0.0342. The first-order valence-corrected chi connectivity index (χ1v) is 12.2. The molecule has 1 fully saturated rings. The zero-order chi connectivity index (χ0) is 25.8. The van der Waals surface area contributed by atoms with Crippen molar-refractivity contribution in [1.29, 1.82) is 0 Å². The summed E-state index contributed by atoms with van der Waals surface area (Å²) in [6.45, 7) is 3.94. The van der Waals surface area contributed by atoms with Crippen molar-refractivity contribution in [2.24, 2.45) is 0 Å². The van der Waals surface area contributed by atoms with Gasteiger partial charge in [0.15, 0.2) is 11.5 Å². The van der Waals surface area contributed by atoms with E-state index in [1.165, 1.54) is 6.07 Å². The van der Waals surface area contributed by atoms with Crippen molar-refractivity contribution in [3.63, 3.8) is 0 Å². The summed E-state index contributed by atoms with van der Waals surface area (Å²) in [5.41, 5.74) is 3.73. The molecule has 8 heteroatoms. The Morgan fingerprint density at radius 2 is 1.62 bits per heavy atom. The lowest BCUT2D eigenvalue weighted by Gasteiger charge is -2.26. The number of carbonyl (C=O) groups is 1. The summed E-state index contributed by atoms with van der Waals surface area (Å²) in [6, 6.07) is 20.4. The van der Waals surface area contributed by atoms with Gasteiger partial charge in [-0.2, -0.15) is 0 Å². The van der Waals surface area contributed by atoms with Crippen LogP contribution in [0.15, 0.2) is 71.3 Å². The van der Waals surface area contributed by atoms with Crippen molar-refractivity contribution in [1.82, 2.24) is 10.1 Å². The SMILES string of the molecule is O=C(O)c1noc(-c2cc(CCc3ccccc3)c(O)cc2O)c1-c1ccc(CN2CCOCC2)cc1. The second kappa shape index (κ2) is 10.9. The summed E-state index contributed by atoms with van der Waals surface area (Å²) < 4.78 is 10.9. The molecule has 1 aliphatic rings. The van der Waals surface area contributed by atoms with E-state index in [-0.39, 0.29) is 34.1 Å². The molecule has 5 rings (SSSR count). The lowest BCUT2D eigenvalue weighted by Crippen LogP contribution is -2.35. The van der Waals surface area contributed by atoms with Gasteiger partial charge >= 0.3 is 5.97 Å². The second-order valence-corrected chi connectivity index (χ2v) is 9.11. The van der Waals surface area contributed by atoms with Gasteiger partial charge < -0.3 is 24.6 Å². The van der Waals surface area contributed by atoms with Crippen molar-refractivity contribution in [3.8, 4) is 33.9 Å². The summed E-state index contributed by atoms with van der Waals surface area (Å²) in [7, 11) is 0. The summed E-state index contributed by atoms with van der Waals surface area (Å²) in [5, 5.41) is 34.8. The Hall–Kier alpha value is -4.14. The molecule has 190 valence electrons. The highest BCUT2D eigenvalue weighted by Gasteiger charge is 2.26. The highest BCUT2D eigenvalue weighted by atomic mass is 16.5. The summed E-state index contributed by atoms with van der Waals surface area (Å²) >= 11 is 0. The van der Waals surface area contributed by atoms with E-state index in [9.17, 15) is 20.1 Å². The Morgan fingerprint density at radius 3 is 2.32 bits per heavy atom. The van der Waals surface area contributed by atoms with Crippen molar-refractivity contribution in [3.05, 3.63) is 89.1 Å². The number of ether oxygens (including phenoxy) is 1. The number of aromatic carboxylic acids is 1. The summed E-state index contributed by atoms with van der Waals surface area (Å²) in [4.78, 5) is 14.3. The van der Waals surface area contributed by atoms with Crippen LogP contribution in [-0.4, -0.2) is 57.6 Å². The van der Waals surface area contributed by atoms with E-state index < -0.39 is 5.97 Å². The normalized spacial score (nSPS) is 14.1. The monoisotopic (exact) mass is 500 g/mol. The third-order valence-corrected chi connectivity index (χ3v) is 6.61. The van der Waals surface area contributed by atoms with Gasteiger partial charge in [0.2, 0.25) is 0 Å². The lowest BCUT2D eigenvalue weighted by atomic mass is 9.95. The minimum absolute atomic E-state index is 0.0378. The quantitative estimate of drug-likeness (QED) is 0.318. The molecule has 0 aliphatic carbocycles. The van der Waals surface area contributed by atoms with E-state index in [1.54, 1.807) is 6.07 Å². The molecule has 4 aromatic rings. The smallest absolute Gasteiger partial charge is 0.358 e. The van der Waals surface area contributed by atoms with E-state index in [1.807, 2.05) is 54.6 Å². The maximum absolute atomic E-state index is 12.0. The molecule has 1 saturated heterocycles. The van der Waals surface area contributed by atoms with Crippen LogP contribution >= 0.6 is 0 Å². The van der Waals surface area contributed by atoms with Gasteiger partial charge in [-0.15, -0.1) is 0 Å². The molecule has 0 amide bonds. The second-order valence-electron chi connectivity index (χ2n) is 9.11. The Balaban J connectivity index is 1.47. The number of nitrogens with zero attached hydrogens (tertiary/aromatic N) is 2. The molecule has 0 bridgehead atoms. The molecule has 0 atom stereocenters. The minimum atomic E-state index is -1.23. The van der Waals surface area contributed by atoms with Crippen LogP contribution < -0.4 is 0 Å². The molecule has 0 radical (unpaired) electrons. The molecule has 8 nitrogen and oxygen atoms in total. The first kappa shape index (κ1) is 24.5. The van der Waals surface area contributed by atoms with E-state index in [0.29, 0.717) is 37.2 Å². The van der Waals surface area contributed by atoms with Crippen LogP contribution in [0.5, 0.6) is 11.5 Å². The maximum Gasteiger partial charge on any atom is 0.358 e. The van der Waals surface area contributed by atoms with Crippen LogP contribution in [0.1, 0.15) is 27.2 Å². The molecule has 1 aliphatic heterocycles. The fourth-order valence-electron chi connectivity index (χ4n) is 4.61. The number of hydrogen-bond acceptors (Lipinski definition) is 7. The van der Waals surface area contributed by atoms with Gasteiger partial charge in [-0.05, 0) is 41.2 Å². The van der Waals surface area contributed by atoms with Crippen molar-refractivity contribution in [2.75, 3.05) is 26.3 Å². The number of aromatic nitrogens is 1. The van der Waals surface area contributed by atoms with Crippen LogP contribution in [0, 0.1) is 0 Å². The van der Waals surface area contributed by atoms with Crippen LogP contribution in [0.3, 0.4) is 0 Å². The molecule has 0 spiro atoms. The van der Waals surface area contributed by atoms with E-state index in [4.69, 9.17) is 9.26 Å². The third kappa shape index (κ3) is 5.50. The zero-order valence-corrected chi connectivity index (χ0v) is 20.3. The fourth-order valence-corrected chi connectivity index (χ4v) is 4.61. The van der Waals surface area contributed by atoms with Crippen molar-refractivity contribution >= 4 is 5.97 Å². The third-order valence-electron chi connectivity index (χ3n) is 6.61. The largest absolute Gasteiger partial charge is 0.508 e. The number of rotatable bonds is 8. The predicted octanol–water partition coefficient (Wildman–Crippen LogP) is 4.74. The van der Waals surface area contributed by atoms with Crippen LogP contribution in [-0.2, 0) is 24.1 Å². The Morgan fingerprint density at radius 1 is 0.892 bits per heavy atom. The van der Waals surface area contributed by atoms with Gasteiger partial charge in [0.25, 0.3) is 0 Å². The molecule has 3 N–H and O–H groups in total. The number of aromatic hydroxyl groups is 2. The number of aryl methyl sites for hydroxylation is 2. The number of phenols is 2. The van der Waals surface area contributed by atoms with Gasteiger partial charge in [0, 0.05) is 25.7 Å². The van der Waals surface area contributed by atoms with E-state index in [0.717, 1.165) is 30.8 Å². The molecule has 3 aromatic carbocycles. The van der Waals surface area contributed by atoms with Gasteiger partial charge in [0.1, 0.15) is 11.5 Å². The van der Waals surface area contributed by atoms with Crippen LogP contribution in [0.4, 0.5) is 0 Å². The van der Waals surface area contributed by atoms with Gasteiger partial charge in [-0.3, -0.25) is 4.90 Å². The number of morpholine rings is 1. The average Bonchev–Trinajstić information content (AvgIpc) is 3.35. The van der Waals surface area contributed by atoms with Gasteiger partial charge in [0.05, 0.1) is 24.3 Å². The standard InChI is InChI=1S/C29H28N2O6/c32-24-17-25(33)23(16-22(24)11-6-19-4-2-1-3-5-19)28-26(27(29(34)35)30-37-28)21-9-7-20(8-10-21)18-31-12-14-36-15-13-31/h1-5,7-10,16-17,32-33H,6,11-15,18H2,(H,34,35). The highest BCUT2D eigenvalue weighted by molar-refractivity contribution is 5.99. The van der Waals surface area contributed by atoms with E-state index in [2.05, 4.69) is 10.1 Å². The predicted molar refractivity (Wildman–Crippen MR) is 138 cm³/mol. The topological polar surface area (TPSA) is 116 Å². The van der Waals surface area contributed by atoms with E-state index >= 15 is 0 Å². The average molecular weight is 501 g/mol. The maximum atomic E-state index is 12.0. The molecule has 37 heavy (non-hydrogen) atoms. The summed E-state index contributed by atoms with van der Waals surface area (Å²) in [6.07, 6.45) is 1.21. The summed E-state index contributed by atoms with van der Waals surface area (Å²) in [5.74, 6) is -1.36. The first-order chi connectivity index (χ1) is 18.0. The Kier molecular flexibility index (Phi) is 7.20. The molecule has 0 saturated carbocycles.